The zero-order chi connectivity index (χ0) is 26.0. The van der Waals surface area contributed by atoms with Gasteiger partial charge in [0.1, 0.15) is 23.9 Å². The number of benzene rings is 4. The second-order valence-corrected chi connectivity index (χ2v) is 9.01. The van der Waals surface area contributed by atoms with E-state index >= 15 is 0 Å². The molecule has 0 atom stereocenters. The monoisotopic (exact) mass is 554 g/mol. The molecule has 4 rings (SSSR count). The molecule has 0 fully saturated rings. The van der Waals surface area contributed by atoms with E-state index in [0.29, 0.717) is 38.9 Å². The fraction of sp³-hybridized carbons (Fsp3) is 0.0714. The molecule has 0 bridgehead atoms. The summed E-state index contributed by atoms with van der Waals surface area (Å²) in [7, 11) is 0. The van der Waals surface area contributed by atoms with Gasteiger partial charge in [0.25, 0.3) is 0 Å². The number of nitrogens with zero attached hydrogens (tertiary/aromatic N) is 1. The normalized spacial score (nSPS) is 10.9. The van der Waals surface area contributed by atoms with Gasteiger partial charge >= 0.3 is 12.2 Å². The molecule has 0 aliphatic rings. The number of carbonyl (C=O) groups excluding carboxylic acids is 1. The van der Waals surface area contributed by atoms with Crippen molar-refractivity contribution in [3.05, 3.63) is 123 Å². The first kappa shape index (κ1) is 26.4. The maximum Gasteiger partial charge on any atom is 0.323 e. The van der Waals surface area contributed by atoms with Crippen LogP contribution in [0.2, 0.25) is 15.1 Å². The summed E-state index contributed by atoms with van der Waals surface area (Å²) < 4.78 is 17.3. The Bertz CT molecular complexity index is 1300. The summed E-state index contributed by atoms with van der Waals surface area (Å²) in [4.78, 5) is 12.9. The van der Waals surface area contributed by atoms with Crippen molar-refractivity contribution in [2.45, 2.75) is 12.9 Å². The van der Waals surface area contributed by atoms with E-state index in [9.17, 15) is 4.79 Å². The zero-order valence-corrected chi connectivity index (χ0v) is 21.6. The number of hydrazone groups is 1. The third kappa shape index (κ3) is 8.43. The van der Waals surface area contributed by atoms with Gasteiger partial charge in [0.2, 0.25) is 0 Å². The number of halogens is 3. The molecule has 1 amide bonds. The van der Waals surface area contributed by atoms with Gasteiger partial charge in [-0.3, -0.25) is 4.79 Å². The highest BCUT2D eigenvalue weighted by atomic mass is 35.5. The Labute approximate surface area is 229 Å². The molecule has 0 radical (unpaired) electrons. The van der Waals surface area contributed by atoms with Crippen LogP contribution in [0.1, 0.15) is 11.1 Å². The van der Waals surface area contributed by atoms with Gasteiger partial charge in [0, 0.05) is 15.1 Å². The molecule has 0 aliphatic heterocycles. The highest BCUT2D eigenvalue weighted by Crippen LogP contribution is 2.21. The minimum Gasteiger partial charge on any atom is -0.489 e. The maximum absolute atomic E-state index is 12.9. The predicted octanol–water partition coefficient (Wildman–Crippen LogP) is 7.16. The minimum atomic E-state index is -1.33. The molecule has 0 heterocycles. The standard InChI is InChI=1S/C28H21Cl3N2O4/c29-21-6-4-19(5-7-21)18-35-26-3-1-2-20(16-26)17-32-33-27(34)28(36-24-12-8-22(30)9-13-24)37-25-14-10-23(31)11-15-25/h1-17,28H,18H2,(H,33,34). The van der Waals surface area contributed by atoms with Gasteiger partial charge in [0.15, 0.2) is 0 Å². The van der Waals surface area contributed by atoms with Crippen molar-refractivity contribution in [2.24, 2.45) is 5.10 Å². The molecule has 4 aromatic carbocycles. The van der Waals surface area contributed by atoms with Crippen LogP contribution in [0.15, 0.2) is 102 Å². The third-order valence-electron chi connectivity index (χ3n) is 4.89. The molecule has 0 saturated carbocycles. The lowest BCUT2D eigenvalue weighted by molar-refractivity contribution is -0.140. The van der Waals surface area contributed by atoms with Gasteiger partial charge in [-0.2, -0.15) is 5.10 Å². The topological polar surface area (TPSA) is 69.2 Å². The first-order valence-corrected chi connectivity index (χ1v) is 12.2. The summed E-state index contributed by atoms with van der Waals surface area (Å²) in [5.74, 6) is 0.831. The van der Waals surface area contributed by atoms with Crippen LogP contribution >= 0.6 is 34.8 Å². The average molecular weight is 556 g/mol. The predicted molar refractivity (Wildman–Crippen MR) is 146 cm³/mol. The number of hydrogen-bond donors (Lipinski definition) is 1. The molecular weight excluding hydrogens is 535 g/mol. The van der Waals surface area contributed by atoms with Gasteiger partial charge in [-0.25, -0.2) is 5.43 Å². The van der Waals surface area contributed by atoms with Gasteiger partial charge in [-0.05, 0) is 83.9 Å². The molecule has 9 heteroatoms. The summed E-state index contributed by atoms with van der Waals surface area (Å²) in [6.07, 6.45) is 0.169. The van der Waals surface area contributed by atoms with Crippen molar-refractivity contribution in [3.8, 4) is 17.2 Å². The summed E-state index contributed by atoms with van der Waals surface area (Å²) in [6, 6.07) is 27.8. The number of hydrogen-bond acceptors (Lipinski definition) is 5. The molecule has 0 aliphatic carbocycles. The van der Waals surface area contributed by atoms with Gasteiger partial charge < -0.3 is 14.2 Å². The molecule has 188 valence electrons. The van der Waals surface area contributed by atoms with E-state index in [1.165, 1.54) is 6.21 Å². The quantitative estimate of drug-likeness (QED) is 0.128. The fourth-order valence-electron chi connectivity index (χ4n) is 3.06. The zero-order valence-electron chi connectivity index (χ0n) is 19.3. The molecule has 0 aromatic heterocycles. The highest BCUT2D eigenvalue weighted by Gasteiger charge is 2.22. The molecule has 1 N–H and O–H groups in total. The van der Waals surface area contributed by atoms with Gasteiger partial charge in [0.05, 0.1) is 6.21 Å². The molecule has 0 spiro atoms. The van der Waals surface area contributed by atoms with Crippen LogP contribution in [0.4, 0.5) is 0 Å². The Morgan fingerprint density at radius 2 is 1.30 bits per heavy atom. The van der Waals surface area contributed by atoms with E-state index in [1.807, 2.05) is 42.5 Å². The molecule has 0 saturated heterocycles. The molecule has 6 nitrogen and oxygen atoms in total. The van der Waals surface area contributed by atoms with Crippen LogP contribution in [-0.2, 0) is 11.4 Å². The Morgan fingerprint density at radius 3 is 1.86 bits per heavy atom. The molecule has 0 unspecified atom stereocenters. The number of nitrogens with one attached hydrogen (secondary N) is 1. The Kier molecular flexibility index (Phi) is 9.27. The lowest BCUT2D eigenvalue weighted by Gasteiger charge is -2.19. The van der Waals surface area contributed by atoms with Crippen LogP contribution in [0.3, 0.4) is 0 Å². The van der Waals surface area contributed by atoms with Crippen molar-refractivity contribution in [2.75, 3.05) is 0 Å². The van der Waals surface area contributed by atoms with Crippen LogP contribution in [0, 0.1) is 0 Å². The second-order valence-electron chi connectivity index (χ2n) is 7.70. The first-order chi connectivity index (χ1) is 17.9. The van der Waals surface area contributed by atoms with E-state index in [4.69, 9.17) is 49.0 Å². The fourth-order valence-corrected chi connectivity index (χ4v) is 3.44. The number of rotatable bonds is 10. The Morgan fingerprint density at radius 1 is 0.757 bits per heavy atom. The summed E-state index contributed by atoms with van der Waals surface area (Å²) in [5.41, 5.74) is 4.17. The van der Waals surface area contributed by atoms with Crippen molar-refractivity contribution in [3.63, 3.8) is 0 Å². The third-order valence-corrected chi connectivity index (χ3v) is 5.65. The van der Waals surface area contributed by atoms with E-state index < -0.39 is 12.2 Å². The van der Waals surface area contributed by atoms with E-state index in [2.05, 4.69) is 10.5 Å². The molecule has 4 aromatic rings. The second kappa shape index (κ2) is 13.0. The number of carbonyl (C=O) groups is 1. The van der Waals surface area contributed by atoms with Crippen LogP contribution in [0.25, 0.3) is 0 Å². The van der Waals surface area contributed by atoms with Crippen LogP contribution in [-0.4, -0.2) is 18.4 Å². The molecular formula is C28H21Cl3N2O4. The van der Waals surface area contributed by atoms with Gasteiger partial charge in [-0.1, -0.05) is 59.1 Å². The summed E-state index contributed by atoms with van der Waals surface area (Å²) >= 11 is 17.8. The highest BCUT2D eigenvalue weighted by molar-refractivity contribution is 6.31. The van der Waals surface area contributed by atoms with Crippen molar-refractivity contribution in [1.82, 2.24) is 5.43 Å². The smallest absolute Gasteiger partial charge is 0.323 e. The largest absolute Gasteiger partial charge is 0.489 e. The van der Waals surface area contributed by atoms with Crippen molar-refractivity contribution >= 4 is 46.9 Å². The van der Waals surface area contributed by atoms with Crippen molar-refractivity contribution in [1.29, 1.82) is 0 Å². The number of ether oxygens (including phenoxy) is 3. The summed E-state index contributed by atoms with van der Waals surface area (Å²) in [6.45, 7) is 0.389. The average Bonchev–Trinajstić information content (AvgIpc) is 2.90. The van der Waals surface area contributed by atoms with E-state index in [0.717, 1.165) is 11.1 Å². The molecule has 37 heavy (non-hydrogen) atoms. The van der Waals surface area contributed by atoms with Crippen LogP contribution in [0.5, 0.6) is 17.2 Å². The first-order valence-electron chi connectivity index (χ1n) is 11.1. The van der Waals surface area contributed by atoms with Crippen molar-refractivity contribution < 1.29 is 19.0 Å². The van der Waals surface area contributed by atoms with E-state index in [1.54, 1.807) is 54.6 Å². The Hall–Kier alpha value is -3.71. The Balaban J connectivity index is 1.39. The van der Waals surface area contributed by atoms with Gasteiger partial charge in [-0.15, -0.1) is 0 Å². The van der Waals surface area contributed by atoms with Crippen LogP contribution < -0.4 is 19.6 Å². The maximum atomic E-state index is 12.9. The lowest BCUT2D eigenvalue weighted by atomic mass is 10.2. The van der Waals surface area contributed by atoms with E-state index in [-0.39, 0.29) is 0 Å². The SMILES string of the molecule is O=C(NN=Cc1cccc(OCc2ccc(Cl)cc2)c1)C(Oc1ccc(Cl)cc1)Oc1ccc(Cl)cc1. The minimum absolute atomic E-state index is 0.389. The number of amides is 1. The summed E-state index contributed by atoms with van der Waals surface area (Å²) in [5, 5.41) is 5.79. The lowest BCUT2D eigenvalue weighted by Crippen LogP contribution is -2.40.